The van der Waals surface area contributed by atoms with Gasteiger partial charge in [0.05, 0.1) is 0 Å². The first-order chi connectivity index (χ1) is 23.6. The molecule has 49 heavy (non-hydrogen) atoms. The van der Waals surface area contributed by atoms with Crippen molar-refractivity contribution in [3.05, 3.63) is 144 Å². The highest BCUT2D eigenvalue weighted by atomic mass is 16.3. The molecule has 1 aromatic heterocycles. The molecule has 242 valence electrons. The van der Waals surface area contributed by atoms with Gasteiger partial charge >= 0.3 is 0 Å². The number of benzene rings is 7. The average Bonchev–Trinajstić information content (AvgIpc) is 3.47. The minimum absolute atomic E-state index is 0.133. The molecule has 0 spiro atoms. The van der Waals surface area contributed by atoms with Gasteiger partial charge in [0.25, 0.3) is 0 Å². The fourth-order valence-corrected chi connectivity index (χ4v) is 7.83. The van der Waals surface area contributed by atoms with Crippen molar-refractivity contribution in [3.63, 3.8) is 0 Å². The molecule has 0 saturated carbocycles. The Labute approximate surface area is 290 Å². The highest BCUT2D eigenvalue weighted by molar-refractivity contribution is 6.10. The summed E-state index contributed by atoms with van der Waals surface area (Å²) in [7, 11) is 0. The maximum atomic E-state index is 6.35. The van der Waals surface area contributed by atoms with Crippen molar-refractivity contribution in [1.29, 1.82) is 0 Å². The first kappa shape index (κ1) is 31.1. The largest absolute Gasteiger partial charge is 0.456 e. The van der Waals surface area contributed by atoms with E-state index >= 15 is 0 Å². The SMILES string of the molecule is CC(C)c1c2ccc(-c3ccc4oc5ccc(-c6ccc(C(C)(C)C)cc6)cc5c4c3)cc2c(C(C)C)c2ccc(-c3ccccc3)cc12. The van der Waals surface area contributed by atoms with Crippen LogP contribution in [-0.4, -0.2) is 0 Å². The second-order valence-electron chi connectivity index (χ2n) is 15.4. The van der Waals surface area contributed by atoms with Crippen LogP contribution >= 0.6 is 0 Å². The molecular weight excluding hydrogens is 593 g/mol. The summed E-state index contributed by atoms with van der Waals surface area (Å²) < 4.78 is 6.35. The quantitative estimate of drug-likeness (QED) is 0.171. The molecule has 0 amide bonds. The van der Waals surface area contributed by atoms with Crippen LogP contribution in [0.3, 0.4) is 0 Å². The second-order valence-corrected chi connectivity index (χ2v) is 15.4. The van der Waals surface area contributed by atoms with E-state index in [9.17, 15) is 0 Å². The van der Waals surface area contributed by atoms with Crippen LogP contribution in [0.4, 0.5) is 0 Å². The van der Waals surface area contributed by atoms with E-state index in [4.69, 9.17) is 4.42 Å². The number of fused-ring (bicyclic) bond motifs is 5. The normalized spacial score (nSPS) is 12.3. The number of hydrogen-bond acceptors (Lipinski definition) is 1. The van der Waals surface area contributed by atoms with Gasteiger partial charge in [0.2, 0.25) is 0 Å². The van der Waals surface area contributed by atoms with Gasteiger partial charge in [-0.1, -0.05) is 139 Å². The predicted octanol–water partition coefficient (Wildman–Crippen LogP) is 14.4. The van der Waals surface area contributed by atoms with Gasteiger partial charge in [0.1, 0.15) is 11.2 Å². The van der Waals surface area contributed by atoms with Gasteiger partial charge < -0.3 is 4.42 Å². The van der Waals surface area contributed by atoms with Gasteiger partial charge in [-0.3, -0.25) is 0 Å². The molecule has 1 nitrogen and oxygen atoms in total. The molecule has 0 aliphatic carbocycles. The molecular formula is C48H44O. The monoisotopic (exact) mass is 636 g/mol. The van der Waals surface area contributed by atoms with Crippen LogP contribution < -0.4 is 0 Å². The lowest BCUT2D eigenvalue weighted by Gasteiger charge is -2.22. The van der Waals surface area contributed by atoms with E-state index in [0.717, 1.165) is 21.9 Å². The molecule has 0 aliphatic heterocycles. The van der Waals surface area contributed by atoms with Gasteiger partial charge in [0.15, 0.2) is 0 Å². The van der Waals surface area contributed by atoms with Crippen LogP contribution in [-0.2, 0) is 5.41 Å². The Morgan fingerprint density at radius 2 is 0.776 bits per heavy atom. The molecule has 8 rings (SSSR count). The van der Waals surface area contributed by atoms with Gasteiger partial charge in [0, 0.05) is 10.8 Å². The van der Waals surface area contributed by atoms with E-state index in [1.807, 2.05) is 0 Å². The van der Waals surface area contributed by atoms with Crippen LogP contribution in [0.1, 0.15) is 77.0 Å². The first-order valence-electron chi connectivity index (χ1n) is 17.7. The van der Waals surface area contributed by atoms with Gasteiger partial charge in [-0.2, -0.15) is 0 Å². The third-order valence-corrected chi connectivity index (χ3v) is 10.3. The Hall–Kier alpha value is -5.14. The first-order valence-corrected chi connectivity index (χ1v) is 17.7. The topological polar surface area (TPSA) is 13.1 Å². The summed E-state index contributed by atoms with van der Waals surface area (Å²) in [6, 6.07) is 47.2. The molecule has 1 heterocycles. The Morgan fingerprint density at radius 1 is 0.388 bits per heavy atom. The van der Waals surface area contributed by atoms with E-state index in [0.29, 0.717) is 11.8 Å². The van der Waals surface area contributed by atoms with Crippen molar-refractivity contribution < 1.29 is 4.42 Å². The Balaban J connectivity index is 1.28. The Bertz CT molecular complexity index is 2500. The molecule has 0 radical (unpaired) electrons. The van der Waals surface area contributed by atoms with Crippen LogP contribution in [0.5, 0.6) is 0 Å². The van der Waals surface area contributed by atoms with E-state index in [1.165, 1.54) is 71.6 Å². The molecule has 7 aromatic carbocycles. The fraction of sp³-hybridized carbons (Fsp3) is 0.208. The van der Waals surface area contributed by atoms with Crippen molar-refractivity contribution in [3.8, 4) is 33.4 Å². The summed E-state index contributed by atoms with van der Waals surface area (Å²) in [4.78, 5) is 0. The number of hydrogen-bond donors (Lipinski definition) is 0. The summed E-state index contributed by atoms with van der Waals surface area (Å²) in [5.74, 6) is 0.760. The maximum absolute atomic E-state index is 6.35. The van der Waals surface area contributed by atoms with Crippen molar-refractivity contribution >= 4 is 43.5 Å². The minimum Gasteiger partial charge on any atom is -0.456 e. The Kier molecular flexibility index (Phi) is 7.49. The molecule has 0 saturated heterocycles. The smallest absolute Gasteiger partial charge is 0.135 e. The number of rotatable bonds is 5. The zero-order valence-electron chi connectivity index (χ0n) is 29.7. The van der Waals surface area contributed by atoms with E-state index in [2.05, 4.69) is 176 Å². The highest BCUT2D eigenvalue weighted by Gasteiger charge is 2.20. The van der Waals surface area contributed by atoms with Crippen LogP contribution in [0.25, 0.3) is 76.9 Å². The standard InChI is InChI=1S/C48H44O/c1-29(2)46-39-22-16-35(28-43(39)47(30(3)4)38-21-15-33(27-42(38)46)31-11-9-8-10-12-31)36-18-24-45-41(26-36)40-25-34(17-23-44(40)49-45)32-13-19-37(20-14-32)48(5,6)7/h8-30H,1-7H3. The van der Waals surface area contributed by atoms with Crippen molar-refractivity contribution in [2.24, 2.45) is 0 Å². The lowest BCUT2D eigenvalue weighted by molar-refractivity contribution is 0.590. The Morgan fingerprint density at radius 3 is 1.22 bits per heavy atom. The van der Waals surface area contributed by atoms with Crippen LogP contribution in [0.15, 0.2) is 132 Å². The summed E-state index contributed by atoms with van der Waals surface area (Å²) >= 11 is 0. The average molecular weight is 637 g/mol. The molecule has 1 heteroatoms. The third-order valence-electron chi connectivity index (χ3n) is 10.3. The second kappa shape index (κ2) is 11.8. The van der Waals surface area contributed by atoms with Crippen molar-refractivity contribution in [1.82, 2.24) is 0 Å². The lowest BCUT2D eigenvalue weighted by atomic mass is 9.82. The van der Waals surface area contributed by atoms with Gasteiger partial charge in [-0.05, 0) is 125 Å². The summed E-state index contributed by atoms with van der Waals surface area (Å²) in [5.41, 5.74) is 13.6. The molecule has 8 aromatic rings. The molecule has 0 unspecified atom stereocenters. The molecule has 0 atom stereocenters. The molecule has 0 bridgehead atoms. The highest BCUT2D eigenvalue weighted by Crippen LogP contribution is 2.43. The molecule has 0 fully saturated rings. The summed E-state index contributed by atoms with van der Waals surface area (Å²) in [6.45, 7) is 16.1. The summed E-state index contributed by atoms with van der Waals surface area (Å²) in [5, 5.41) is 7.75. The van der Waals surface area contributed by atoms with E-state index in [1.54, 1.807) is 0 Å². The molecule has 0 N–H and O–H groups in total. The fourth-order valence-electron chi connectivity index (χ4n) is 7.83. The van der Waals surface area contributed by atoms with Crippen molar-refractivity contribution in [2.45, 2.75) is 65.7 Å². The maximum Gasteiger partial charge on any atom is 0.135 e. The van der Waals surface area contributed by atoms with Gasteiger partial charge in [-0.25, -0.2) is 0 Å². The predicted molar refractivity (Wildman–Crippen MR) is 212 cm³/mol. The lowest BCUT2D eigenvalue weighted by Crippen LogP contribution is -2.10. The number of furan rings is 1. The summed E-state index contributed by atoms with van der Waals surface area (Å²) in [6.07, 6.45) is 0. The van der Waals surface area contributed by atoms with Crippen molar-refractivity contribution in [2.75, 3.05) is 0 Å². The zero-order chi connectivity index (χ0) is 34.0. The van der Waals surface area contributed by atoms with Gasteiger partial charge in [-0.15, -0.1) is 0 Å². The van der Waals surface area contributed by atoms with Crippen LogP contribution in [0, 0.1) is 0 Å². The molecule has 0 aliphatic rings. The zero-order valence-corrected chi connectivity index (χ0v) is 29.7. The van der Waals surface area contributed by atoms with Crippen LogP contribution in [0.2, 0.25) is 0 Å². The third kappa shape index (κ3) is 5.42. The van der Waals surface area contributed by atoms with E-state index in [-0.39, 0.29) is 5.41 Å². The van der Waals surface area contributed by atoms with E-state index < -0.39 is 0 Å². The minimum atomic E-state index is 0.133.